The molecule has 1 aliphatic carbocycles. The van der Waals surface area contributed by atoms with Gasteiger partial charge in [0.25, 0.3) is 0 Å². The highest BCUT2D eigenvalue weighted by atomic mass is 16.4. The van der Waals surface area contributed by atoms with Gasteiger partial charge in [-0.05, 0) is 38.0 Å². The highest BCUT2D eigenvalue weighted by molar-refractivity contribution is 5.83. The predicted octanol–water partition coefficient (Wildman–Crippen LogP) is 2.72. The van der Waals surface area contributed by atoms with E-state index in [0.29, 0.717) is 18.9 Å². The van der Waals surface area contributed by atoms with Crippen LogP contribution in [0.3, 0.4) is 0 Å². The van der Waals surface area contributed by atoms with Gasteiger partial charge >= 0.3 is 12.0 Å². The number of carbonyl (C=O) groups excluding carboxylic acids is 1. The zero-order valence-corrected chi connectivity index (χ0v) is 12.8. The summed E-state index contributed by atoms with van der Waals surface area (Å²) < 4.78 is 0. The van der Waals surface area contributed by atoms with E-state index in [1.807, 2.05) is 6.08 Å². The number of allylic oxidation sites excluding steroid dienone is 1. The van der Waals surface area contributed by atoms with Gasteiger partial charge in [-0.15, -0.1) is 6.58 Å². The maximum Gasteiger partial charge on any atom is 0.326 e. The van der Waals surface area contributed by atoms with E-state index >= 15 is 0 Å². The fraction of sp³-hybridized carbons (Fsp3) is 0.750. The Labute approximate surface area is 126 Å². The number of urea groups is 1. The van der Waals surface area contributed by atoms with Gasteiger partial charge in [0.1, 0.15) is 6.04 Å². The summed E-state index contributed by atoms with van der Waals surface area (Å²) in [6, 6.07) is -0.650. The molecule has 2 aliphatic rings. The summed E-state index contributed by atoms with van der Waals surface area (Å²) in [5, 5.41) is 9.45. The Kier molecular flexibility index (Phi) is 5.26. The van der Waals surface area contributed by atoms with Gasteiger partial charge in [0.15, 0.2) is 0 Å². The van der Waals surface area contributed by atoms with Crippen molar-refractivity contribution in [3.63, 3.8) is 0 Å². The summed E-state index contributed by atoms with van der Waals surface area (Å²) in [6.07, 6.45) is 8.44. The summed E-state index contributed by atoms with van der Waals surface area (Å²) >= 11 is 0. The third-order valence-corrected chi connectivity index (χ3v) is 4.82. The summed E-state index contributed by atoms with van der Waals surface area (Å²) in [5.74, 6) is -0.498. The molecule has 2 amide bonds. The molecule has 5 heteroatoms. The van der Waals surface area contributed by atoms with Gasteiger partial charge in [0.05, 0.1) is 0 Å². The molecule has 1 N–H and O–H groups in total. The number of carboxylic acids is 1. The lowest BCUT2D eigenvalue weighted by molar-refractivity contribution is -0.141. The number of likely N-dealkylation sites (tertiary alicyclic amines) is 1. The van der Waals surface area contributed by atoms with Gasteiger partial charge in [-0.2, -0.15) is 0 Å². The van der Waals surface area contributed by atoms with E-state index in [1.54, 1.807) is 16.8 Å². The van der Waals surface area contributed by atoms with Crippen LogP contribution in [0.5, 0.6) is 0 Å². The number of carboxylic acid groups (broad SMARTS) is 1. The summed E-state index contributed by atoms with van der Waals surface area (Å²) in [6.45, 7) is 4.32. The van der Waals surface area contributed by atoms with Crippen molar-refractivity contribution >= 4 is 12.0 Å². The van der Waals surface area contributed by atoms with Crippen LogP contribution in [0.1, 0.15) is 44.9 Å². The summed E-state index contributed by atoms with van der Waals surface area (Å²) in [4.78, 5) is 27.5. The number of aliphatic carboxylic acids is 1. The molecule has 2 fully saturated rings. The maximum absolute atomic E-state index is 12.7. The molecule has 3 atom stereocenters. The fourth-order valence-electron chi connectivity index (χ4n) is 3.72. The van der Waals surface area contributed by atoms with Crippen molar-refractivity contribution in [2.45, 2.75) is 57.0 Å². The molecule has 0 radical (unpaired) electrons. The van der Waals surface area contributed by atoms with Crippen molar-refractivity contribution in [1.29, 1.82) is 0 Å². The van der Waals surface area contributed by atoms with Crippen molar-refractivity contribution in [2.75, 3.05) is 13.6 Å². The lowest BCUT2D eigenvalue weighted by Gasteiger charge is -2.35. The third-order valence-electron chi connectivity index (χ3n) is 4.82. The SMILES string of the molecule is C=CCCCN(C)C(=O)N1C(C(=O)O)CC2CCCCC21. The second-order valence-corrected chi connectivity index (χ2v) is 6.24. The van der Waals surface area contributed by atoms with Gasteiger partial charge in [-0.3, -0.25) is 0 Å². The van der Waals surface area contributed by atoms with Gasteiger partial charge in [0, 0.05) is 19.6 Å². The minimum Gasteiger partial charge on any atom is -0.480 e. The Balaban J connectivity index is 2.07. The first kappa shape index (κ1) is 15.9. The van der Waals surface area contributed by atoms with Crippen molar-refractivity contribution in [3.8, 4) is 0 Å². The number of fused-ring (bicyclic) bond motifs is 1. The first-order chi connectivity index (χ1) is 10.1. The average Bonchev–Trinajstić information content (AvgIpc) is 2.86. The summed E-state index contributed by atoms with van der Waals surface area (Å²) in [7, 11) is 1.76. The molecule has 21 heavy (non-hydrogen) atoms. The fourth-order valence-corrected chi connectivity index (χ4v) is 3.72. The minimum atomic E-state index is -0.864. The molecule has 2 rings (SSSR count). The number of amides is 2. The van der Waals surface area contributed by atoms with Crippen molar-refractivity contribution in [3.05, 3.63) is 12.7 Å². The molecule has 0 aromatic heterocycles. The average molecular weight is 294 g/mol. The van der Waals surface area contributed by atoms with Crippen LogP contribution in [0.2, 0.25) is 0 Å². The lowest BCUT2D eigenvalue weighted by atomic mass is 9.85. The van der Waals surface area contributed by atoms with Crippen molar-refractivity contribution in [1.82, 2.24) is 9.80 Å². The standard InChI is InChI=1S/C16H26N2O3/c1-3-4-7-10-17(2)16(21)18-13-9-6-5-8-12(13)11-14(18)15(19)20/h3,12-14H,1,4-11H2,2H3,(H,19,20). The molecule has 1 saturated heterocycles. The second-order valence-electron chi connectivity index (χ2n) is 6.24. The zero-order valence-electron chi connectivity index (χ0n) is 12.8. The number of carbonyl (C=O) groups is 2. The van der Waals surface area contributed by atoms with Crippen LogP contribution >= 0.6 is 0 Å². The zero-order chi connectivity index (χ0) is 15.4. The molecule has 1 heterocycles. The molecule has 5 nitrogen and oxygen atoms in total. The Morgan fingerprint density at radius 1 is 1.38 bits per heavy atom. The van der Waals surface area contributed by atoms with E-state index in [1.165, 1.54) is 0 Å². The Hall–Kier alpha value is -1.52. The molecule has 118 valence electrons. The monoisotopic (exact) mass is 294 g/mol. The van der Waals surface area contributed by atoms with E-state index in [2.05, 4.69) is 6.58 Å². The van der Waals surface area contributed by atoms with Crippen LogP contribution in [0.25, 0.3) is 0 Å². The van der Waals surface area contributed by atoms with Gasteiger partial charge in [-0.25, -0.2) is 9.59 Å². The highest BCUT2D eigenvalue weighted by Gasteiger charge is 2.48. The molecule has 0 aromatic carbocycles. The summed E-state index contributed by atoms with van der Waals surface area (Å²) in [5.41, 5.74) is 0. The molecular weight excluding hydrogens is 268 g/mol. The molecule has 3 unspecified atom stereocenters. The van der Waals surface area contributed by atoms with Crippen LogP contribution < -0.4 is 0 Å². The lowest BCUT2D eigenvalue weighted by Crippen LogP contribution is -2.51. The minimum absolute atomic E-state index is 0.120. The normalized spacial score (nSPS) is 28.0. The Bertz CT molecular complexity index is 410. The van der Waals surface area contributed by atoms with Crippen LogP contribution in [-0.2, 0) is 4.79 Å². The number of hydrogen-bond acceptors (Lipinski definition) is 2. The van der Waals surface area contributed by atoms with Crippen molar-refractivity contribution < 1.29 is 14.7 Å². The first-order valence-electron chi connectivity index (χ1n) is 7.93. The molecule has 1 saturated carbocycles. The van der Waals surface area contributed by atoms with E-state index in [9.17, 15) is 14.7 Å². The predicted molar refractivity (Wildman–Crippen MR) is 81.1 cm³/mol. The largest absolute Gasteiger partial charge is 0.480 e. The van der Waals surface area contributed by atoms with E-state index in [0.717, 1.165) is 38.5 Å². The molecule has 0 spiro atoms. The van der Waals surface area contributed by atoms with E-state index in [4.69, 9.17) is 0 Å². The topological polar surface area (TPSA) is 60.9 Å². The van der Waals surface area contributed by atoms with Crippen LogP contribution in [0.4, 0.5) is 4.79 Å². The van der Waals surface area contributed by atoms with Gasteiger partial charge in [-0.1, -0.05) is 18.9 Å². The van der Waals surface area contributed by atoms with Gasteiger partial charge in [0.2, 0.25) is 0 Å². The Morgan fingerprint density at radius 3 is 2.76 bits per heavy atom. The quantitative estimate of drug-likeness (QED) is 0.626. The third kappa shape index (κ3) is 3.39. The van der Waals surface area contributed by atoms with E-state index < -0.39 is 12.0 Å². The van der Waals surface area contributed by atoms with Crippen LogP contribution in [-0.4, -0.2) is 52.6 Å². The first-order valence-corrected chi connectivity index (χ1v) is 7.93. The molecular formula is C16H26N2O3. The maximum atomic E-state index is 12.7. The molecule has 1 aliphatic heterocycles. The second kappa shape index (κ2) is 6.96. The number of hydrogen-bond donors (Lipinski definition) is 1. The van der Waals surface area contributed by atoms with Crippen LogP contribution in [0, 0.1) is 5.92 Å². The molecule has 0 bridgehead atoms. The van der Waals surface area contributed by atoms with Gasteiger partial charge < -0.3 is 14.9 Å². The smallest absolute Gasteiger partial charge is 0.326 e. The number of rotatable bonds is 5. The Morgan fingerprint density at radius 2 is 2.10 bits per heavy atom. The van der Waals surface area contributed by atoms with Crippen LogP contribution in [0.15, 0.2) is 12.7 Å². The van der Waals surface area contributed by atoms with E-state index in [-0.39, 0.29) is 12.1 Å². The van der Waals surface area contributed by atoms with Crippen molar-refractivity contribution in [2.24, 2.45) is 5.92 Å². The number of unbranched alkanes of at least 4 members (excludes halogenated alkanes) is 1. The number of nitrogens with zero attached hydrogens (tertiary/aromatic N) is 2. The molecule has 0 aromatic rings. The highest BCUT2D eigenvalue weighted by Crippen LogP contribution is 2.40.